The zero-order valence-electron chi connectivity index (χ0n) is 10.3. The van der Waals surface area contributed by atoms with Crippen molar-refractivity contribution >= 4 is 11.8 Å². The van der Waals surface area contributed by atoms with Crippen molar-refractivity contribution in [3.8, 4) is 11.8 Å². The molecule has 0 aromatic heterocycles. The van der Waals surface area contributed by atoms with Crippen LogP contribution in [0.25, 0.3) is 0 Å². The minimum atomic E-state index is -0.248. The van der Waals surface area contributed by atoms with Gasteiger partial charge < -0.3 is 5.11 Å². The molecule has 18 heavy (non-hydrogen) atoms. The van der Waals surface area contributed by atoms with Crippen LogP contribution in [0.2, 0.25) is 0 Å². The van der Waals surface area contributed by atoms with Gasteiger partial charge in [-0.15, -0.1) is 0 Å². The molecular formula is C15H17FOS. The topological polar surface area (TPSA) is 20.2 Å². The summed E-state index contributed by atoms with van der Waals surface area (Å²) >= 11 is 1.91. The summed E-state index contributed by atoms with van der Waals surface area (Å²) in [5.41, 5.74) is 1.63. The fourth-order valence-electron chi connectivity index (χ4n) is 2.22. The average Bonchev–Trinajstić information content (AvgIpc) is 2.86. The molecule has 1 aromatic rings. The van der Waals surface area contributed by atoms with Gasteiger partial charge in [0.2, 0.25) is 0 Å². The molecule has 0 saturated heterocycles. The molecule has 1 aromatic carbocycles. The summed E-state index contributed by atoms with van der Waals surface area (Å²) < 4.78 is 13.4. The molecule has 1 N–H and O–H groups in total. The van der Waals surface area contributed by atoms with Crippen molar-refractivity contribution in [2.24, 2.45) is 0 Å². The van der Waals surface area contributed by atoms with Gasteiger partial charge >= 0.3 is 0 Å². The van der Waals surface area contributed by atoms with Gasteiger partial charge in [0.05, 0.1) is 0 Å². The Morgan fingerprint density at radius 3 is 2.78 bits per heavy atom. The molecule has 1 aliphatic rings. The largest absolute Gasteiger partial charge is 0.384 e. The fraction of sp³-hybridized carbons (Fsp3) is 0.467. The van der Waals surface area contributed by atoms with E-state index in [1.54, 1.807) is 6.07 Å². The Kier molecular flexibility index (Phi) is 5.10. The molecular weight excluding hydrogens is 247 g/mol. The van der Waals surface area contributed by atoms with Crippen LogP contribution in [0.3, 0.4) is 0 Å². The monoisotopic (exact) mass is 264 g/mol. The van der Waals surface area contributed by atoms with Crippen molar-refractivity contribution in [2.75, 3.05) is 6.61 Å². The SMILES string of the molecule is OCC#Cc1cc(F)cc(CSC2CCCC2)c1. The zero-order valence-corrected chi connectivity index (χ0v) is 11.1. The van der Waals surface area contributed by atoms with Crippen molar-refractivity contribution in [3.05, 3.63) is 35.1 Å². The highest BCUT2D eigenvalue weighted by molar-refractivity contribution is 7.99. The summed E-state index contributed by atoms with van der Waals surface area (Å²) in [6.45, 7) is -0.192. The van der Waals surface area contributed by atoms with Crippen molar-refractivity contribution in [2.45, 2.75) is 36.7 Å². The second-order valence-electron chi connectivity index (χ2n) is 4.53. The first kappa shape index (κ1) is 13.5. The van der Waals surface area contributed by atoms with E-state index < -0.39 is 0 Å². The van der Waals surface area contributed by atoms with Gasteiger partial charge in [-0.05, 0) is 36.6 Å². The standard InChI is InChI=1S/C15H17FOS/c16-14-9-12(4-3-7-17)8-13(10-14)11-18-15-5-1-2-6-15/h8-10,15,17H,1-2,5-7,11H2. The number of aliphatic hydroxyl groups is 1. The molecule has 1 aliphatic carbocycles. The third-order valence-corrected chi connectivity index (χ3v) is 4.50. The second-order valence-corrected chi connectivity index (χ2v) is 5.81. The number of aliphatic hydroxyl groups excluding tert-OH is 1. The molecule has 0 amide bonds. The van der Waals surface area contributed by atoms with Crippen molar-refractivity contribution in [3.63, 3.8) is 0 Å². The van der Waals surface area contributed by atoms with E-state index >= 15 is 0 Å². The maximum absolute atomic E-state index is 13.4. The van der Waals surface area contributed by atoms with Gasteiger partial charge in [-0.1, -0.05) is 24.7 Å². The highest BCUT2D eigenvalue weighted by Crippen LogP contribution is 2.31. The highest BCUT2D eigenvalue weighted by atomic mass is 32.2. The van der Waals surface area contributed by atoms with Gasteiger partial charge in [0.25, 0.3) is 0 Å². The van der Waals surface area contributed by atoms with Crippen LogP contribution in [0.15, 0.2) is 18.2 Å². The second kappa shape index (κ2) is 6.82. The van der Waals surface area contributed by atoms with Crippen LogP contribution in [-0.4, -0.2) is 17.0 Å². The Morgan fingerprint density at radius 1 is 1.28 bits per heavy atom. The Balaban J connectivity index is 2.00. The van der Waals surface area contributed by atoms with E-state index in [1.165, 1.54) is 31.7 Å². The lowest BCUT2D eigenvalue weighted by atomic mass is 10.1. The van der Waals surface area contributed by atoms with Crippen LogP contribution in [0.4, 0.5) is 4.39 Å². The normalized spacial score (nSPS) is 15.4. The van der Waals surface area contributed by atoms with E-state index in [0.29, 0.717) is 5.56 Å². The number of halogens is 1. The third-order valence-electron chi connectivity index (χ3n) is 3.06. The molecule has 1 fully saturated rings. The van der Waals surface area contributed by atoms with E-state index in [-0.39, 0.29) is 12.4 Å². The summed E-state index contributed by atoms with van der Waals surface area (Å²) in [6, 6.07) is 4.90. The molecule has 0 radical (unpaired) electrons. The Morgan fingerprint density at radius 2 is 2.06 bits per heavy atom. The van der Waals surface area contributed by atoms with Crippen molar-refractivity contribution in [1.82, 2.24) is 0 Å². The highest BCUT2D eigenvalue weighted by Gasteiger charge is 2.15. The van der Waals surface area contributed by atoms with E-state index in [9.17, 15) is 4.39 Å². The number of hydrogen-bond donors (Lipinski definition) is 1. The maximum Gasteiger partial charge on any atom is 0.124 e. The van der Waals surface area contributed by atoms with Gasteiger partial charge in [0, 0.05) is 16.6 Å². The summed E-state index contributed by atoms with van der Waals surface area (Å²) in [5.74, 6) is 5.90. The van der Waals surface area contributed by atoms with E-state index in [4.69, 9.17) is 5.11 Å². The Labute approximate surface area is 112 Å². The maximum atomic E-state index is 13.4. The quantitative estimate of drug-likeness (QED) is 0.845. The average molecular weight is 264 g/mol. The molecule has 0 heterocycles. The number of hydrogen-bond acceptors (Lipinski definition) is 2. The smallest absolute Gasteiger partial charge is 0.124 e. The van der Waals surface area contributed by atoms with Gasteiger partial charge in [0.15, 0.2) is 0 Å². The first-order valence-electron chi connectivity index (χ1n) is 6.29. The minimum absolute atomic E-state index is 0.192. The molecule has 1 nitrogen and oxygen atoms in total. The molecule has 1 saturated carbocycles. The van der Waals surface area contributed by atoms with E-state index in [1.807, 2.05) is 17.8 Å². The molecule has 0 aliphatic heterocycles. The predicted molar refractivity (Wildman–Crippen MR) is 73.9 cm³/mol. The third kappa shape index (κ3) is 4.04. The molecule has 0 atom stereocenters. The van der Waals surface area contributed by atoms with Crippen LogP contribution in [0, 0.1) is 17.7 Å². The Bertz CT molecular complexity index is 455. The lowest BCUT2D eigenvalue weighted by Crippen LogP contribution is -1.95. The van der Waals surface area contributed by atoms with Gasteiger partial charge in [-0.2, -0.15) is 11.8 Å². The molecule has 0 bridgehead atoms. The molecule has 96 valence electrons. The van der Waals surface area contributed by atoms with Crippen LogP contribution in [0.1, 0.15) is 36.8 Å². The molecule has 0 unspecified atom stereocenters. The van der Waals surface area contributed by atoms with Crippen LogP contribution in [0.5, 0.6) is 0 Å². The van der Waals surface area contributed by atoms with Crippen molar-refractivity contribution < 1.29 is 9.50 Å². The molecule has 0 spiro atoms. The zero-order chi connectivity index (χ0) is 12.8. The summed E-state index contributed by atoms with van der Waals surface area (Å²) in [5, 5.41) is 9.38. The fourth-order valence-corrected chi connectivity index (χ4v) is 3.48. The van der Waals surface area contributed by atoms with Crippen LogP contribution >= 0.6 is 11.8 Å². The van der Waals surface area contributed by atoms with Gasteiger partial charge in [-0.25, -0.2) is 4.39 Å². The number of benzene rings is 1. The lowest BCUT2D eigenvalue weighted by Gasteiger charge is -2.08. The molecule has 3 heteroatoms. The number of rotatable bonds is 3. The van der Waals surface area contributed by atoms with Crippen LogP contribution in [-0.2, 0) is 5.75 Å². The molecule has 2 rings (SSSR count). The summed E-state index contributed by atoms with van der Waals surface area (Å²) in [7, 11) is 0. The summed E-state index contributed by atoms with van der Waals surface area (Å²) in [6.07, 6.45) is 5.23. The predicted octanol–water partition coefficient (Wildman–Crippen LogP) is 3.35. The van der Waals surface area contributed by atoms with Gasteiger partial charge in [-0.3, -0.25) is 0 Å². The Hall–Kier alpha value is -0.980. The van der Waals surface area contributed by atoms with E-state index in [0.717, 1.165) is 16.6 Å². The van der Waals surface area contributed by atoms with E-state index in [2.05, 4.69) is 11.8 Å². The first-order valence-corrected chi connectivity index (χ1v) is 7.33. The van der Waals surface area contributed by atoms with Crippen molar-refractivity contribution in [1.29, 1.82) is 0 Å². The lowest BCUT2D eigenvalue weighted by molar-refractivity contribution is 0.350. The number of thioether (sulfide) groups is 1. The summed E-state index contributed by atoms with van der Waals surface area (Å²) in [4.78, 5) is 0. The minimum Gasteiger partial charge on any atom is -0.384 e. The van der Waals surface area contributed by atoms with Gasteiger partial charge in [0.1, 0.15) is 12.4 Å². The van der Waals surface area contributed by atoms with Crippen LogP contribution < -0.4 is 0 Å². The first-order chi connectivity index (χ1) is 8.78.